The molecule has 0 bridgehead atoms. The normalized spacial score (nSPS) is 13.9. The zero-order chi connectivity index (χ0) is 15.2. The minimum Gasteiger partial charge on any atom is -0.309 e. The van der Waals surface area contributed by atoms with E-state index in [1.165, 1.54) is 16.7 Å². The first-order valence-electron chi connectivity index (χ1n) is 7.85. The van der Waals surface area contributed by atoms with Gasteiger partial charge in [0.2, 0.25) is 0 Å². The van der Waals surface area contributed by atoms with Gasteiger partial charge >= 0.3 is 0 Å². The number of aromatic nitrogens is 1. The molecule has 2 rings (SSSR count). The van der Waals surface area contributed by atoms with Crippen LogP contribution in [0.2, 0.25) is 0 Å². The molecule has 1 heterocycles. The first-order chi connectivity index (χ1) is 10.1. The number of hydrogen-bond acceptors (Lipinski definition) is 2. The molecule has 2 atom stereocenters. The molecule has 1 aromatic heterocycles. The van der Waals surface area contributed by atoms with Gasteiger partial charge in [-0.25, -0.2) is 0 Å². The van der Waals surface area contributed by atoms with Crippen LogP contribution in [0.4, 0.5) is 0 Å². The minimum atomic E-state index is 0.305. The molecule has 0 aliphatic carbocycles. The predicted octanol–water partition coefficient (Wildman–Crippen LogP) is 4.54. The average Bonchev–Trinajstić information content (AvgIpc) is 2.51. The third-order valence-corrected chi connectivity index (χ3v) is 4.04. The van der Waals surface area contributed by atoms with Gasteiger partial charge in [0.05, 0.1) is 0 Å². The third-order valence-electron chi connectivity index (χ3n) is 4.04. The fraction of sp³-hybridized carbons (Fsp3) is 0.421. The molecule has 2 nitrogen and oxygen atoms in total. The van der Waals surface area contributed by atoms with E-state index in [4.69, 9.17) is 0 Å². The summed E-state index contributed by atoms with van der Waals surface area (Å²) < 4.78 is 0. The van der Waals surface area contributed by atoms with Gasteiger partial charge in [-0.05, 0) is 50.1 Å². The van der Waals surface area contributed by atoms with Gasteiger partial charge in [-0.15, -0.1) is 0 Å². The summed E-state index contributed by atoms with van der Waals surface area (Å²) >= 11 is 0. The van der Waals surface area contributed by atoms with Crippen LogP contribution in [0.15, 0.2) is 42.6 Å². The van der Waals surface area contributed by atoms with E-state index in [0.717, 1.165) is 18.7 Å². The Morgan fingerprint density at radius 1 is 1.14 bits per heavy atom. The van der Waals surface area contributed by atoms with Gasteiger partial charge in [-0.2, -0.15) is 0 Å². The van der Waals surface area contributed by atoms with E-state index in [1.54, 1.807) is 0 Å². The van der Waals surface area contributed by atoms with Crippen molar-refractivity contribution in [2.75, 3.05) is 6.54 Å². The van der Waals surface area contributed by atoms with Crippen LogP contribution in [-0.4, -0.2) is 11.5 Å². The maximum Gasteiger partial charge on any atom is 0.0450 e. The molecule has 2 aromatic rings. The van der Waals surface area contributed by atoms with E-state index in [-0.39, 0.29) is 0 Å². The van der Waals surface area contributed by atoms with Crippen LogP contribution < -0.4 is 5.32 Å². The number of nitrogens with zero attached hydrogens (tertiary/aromatic N) is 1. The highest BCUT2D eigenvalue weighted by Crippen LogP contribution is 2.31. The van der Waals surface area contributed by atoms with E-state index in [0.29, 0.717) is 12.0 Å². The number of nitrogens with one attached hydrogen (secondary N) is 1. The molecule has 112 valence electrons. The monoisotopic (exact) mass is 282 g/mol. The summed E-state index contributed by atoms with van der Waals surface area (Å²) in [6.07, 6.45) is 3.02. The van der Waals surface area contributed by atoms with E-state index < -0.39 is 0 Å². The van der Waals surface area contributed by atoms with Gasteiger partial charge in [0.15, 0.2) is 0 Å². The topological polar surface area (TPSA) is 24.9 Å². The van der Waals surface area contributed by atoms with E-state index in [1.807, 2.05) is 12.3 Å². The van der Waals surface area contributed by atoms with Crippen molar-refractivity contribution in [1.29, 1.82) is 0 Å². The largest absolute Gasteiger partial charge is 0.309 e. The second-order valence-corrected chi connectivity index (χ2v) is 5.84. The van der Waals surface area contributed by atoms with Crippen molar-refractivity contribution >= 4 is 0 Å². The molecule has 0 aliphatic heterocycles. The molecule has 2 heteroatoms. The van der Waals surface area contributed by atoms with E-state index in [9.17, 15) is 0 Å². The molecule has 21 heavy (non-hydrogen) atoms. The lowest BCUT2D eigenvalue weighted by Crippen LogP contribution is -2.27. The average molecular weight is 282 g/mol. The van der Waals surface area contributed by atoms with Crippen molar-refractivity contribution in [3.63, 3.8) is 0 Å². The number of rotatable bonds is 6. The Morgan fingerprint density at radius 3 is 2.62 bits per heavy atom. The number of pyridine rings is 1. The number of aryl methyl sites for hydroxylation is 2. The smallest absolute Gasteiger partial charge is 0.0450 e. The minimum absolute atomic E-state index is 0.305. The second kappa shape index (κ2) is 7.37. The molecular formula is C19H26N2. The van der Waals surface area contributed by atoms with Crippen molar-refractivity contribution < 1.29 is 0 Å². The summed E-state index contributed by atoms with van der Waals surface area (Å²) in [5.74, 6) is 0.346. The Labute approximate surface area is 128 Å². The van der Waals surface area contributed by atoms with Crippen LogP contribution in [0.3, 0.4) is 0 Å². The lowest BCUT2D eigenvalue weighted by Gasteiger charge is -2.27. The standard InChI is InChI=1S/C19H26N2/c1-5-11-21-19(16(4)18-8-6-7-12-20-18)17-13-14(2)9-10-15(17)3/h6-10,12-13,16,19,21H,5,11H2,1-4H3. The Morgan fingerprint density at radius 2 is 1.95 bits per heavy atom. The first-order valence-corrected chi connectivity index (χ1v) is 7.85. The fourth-order valence-corrected chi connectivity index (χ4v) is 2.77. The molecule has 0 radical (unpaired) electrons. The molecule has 0 saturated carbocycles. The van der Waals surface area contributed by atoms with Gasteiger partial charge in [-0.3, -0.25) is 4.98 Å². The highest BCUT2D eigenvalue weighted by molar-refractivity contribution is 5.35. The van der Waals surface area contributed by atoms with Crippen molar-refractivity contribution in [3.8, 4) is 0 Å². The molecule has 0 spiro atoms. The van der Waals surface area contributed by atoms with Crippen molar-refractivity contribution in [1.82, 2.24) is 10.3 Å². The zero-order valence-electron chi connectivity index (χ0n) is 13.6. The van der Waals surface area contributed by atoms with Crippen LogP contribution in [0.1, 0.15) is 54.6 Å². The summed E-state index contributed by atoms with van der Waals surface area (Å²) in [4.78, 5) is 4.55. The van der Waals surface area contributed by atoms with Gasteiger partial charge in [0, 0.05) is 23.9 Å². The van der Waals surface area contributed by atoms with Crippen LogP contribution in [0.5, 0.6) is 0 Å². The van der Waals surface area contributed by atoms with Gasteiger partial charge < -0.3 is 5.32 Å². The zero-order valence-corrected chi connectivity index (χ0v) is 13.6. The number of benzene rings is 1. The SMILES string of the molecule is CCCNC(c1cc(C)ccc1C)C(C)c1ccccn1. The Bertz CT molecular complexity index is 563. The summed E-state index contributed by atoms with van der Waals surface area (Å²) in [5.41, 5.74) is 5.19. The highest BCUT2D eigenvalue weighted by Gasteiger charge is 2.22. The maximum absolute atomic E-state index is 4.55. The number of hydrogen-bond donors (Lipinski definition) is 1. The summed E-state index contributed by atoms with van der Waals surface area (Å²) in [5, 5.41) is 3.71. The van der Waals surface area contributed by atoms with E-state index in [2.05, 4.69) is 68.3 Å². The van der Waals surface area contributed by atoms with Gasteiger partial charge in [0.1, 0.15) is 0 Å². The predicted molar refractivity (Wildman–Crippen MR) is 89.6 cm³/mol. The van der Waals surface area contributed by atoms with Gasteiger partial charge in [-0.1, -0.05) is 43.7 Å². The highest BCUT2D eigenvalue weighted by atomic mass is 14.9. The first kappa shape index (κ1) is 15.7. The molecular weight excluding hydrogens is 256 g/mol. The molecule has 2 unspecified atom stereocenters. The lowest BCUT2D eigenvalue weighted by atomic mass is 9.88. The third kappa shape index (κ3) is 3.92. The fourth-order valence-electron chi connectivity index (χ4n) is 2.77. The summed E-state index contributed by atoms with van der Waals surface area (Å²) in [6, 6.07) is 13.2. The summed E-state index contributed by atoms with van der Waals surface area (Å²) in [6.45, 7) is 9.84. The van der Waals surface area contributed by atoms with Crippen LogP contribution in [-0.2, 0) is 0 Å². The molecule has 0 amide bonds. The van der Waals surface area contributed by atoms with Crippen molar-refractivity contribution in [2.24, 2.45) is 0 Å². The van der Waals surface area contributed by atoms with Crippen LogP contribution in [0.25, 0.3) is 0 Å². The summed E-state index contributed by atoms with van der Waals surface area (Å²) in [7, 11) is 0. The van der Waals surface area contributed by atoms with E-state index >= 15 is 0 Å². The molecule has 0 saturated heterocycles. The lowest BCUT2D eigenvalue weighted by molar-refractivity contribution is 0.458. The molecule has 1 N–H and O–H groups in total. The van der Waals surface area contributed by atoms with Crippen LogP contribution >= 0.6 is 0 Å². The second-order valence-electron chi connectivity index (χ2n) is 5.84. The molecule has 0 aliphatic rings. The Hall–Kier alpha value is -1.67. The quantitative estimate of drug-likeness (QED) is 0.841. The van der Waals surface area contributed by atoms with Crippen molar-refractivity contribution in [3.05, 3.63) is 65.0 Å². The molecule has 0 fully saturated rings. The Balaban J connectivity index is 2.36. The van der Waals surface area contributed by atoms with Gasteiger partial charge in [0.25, 0.3) is 0 Å². The Kier molecular flexibility index (Phi) is 5.51. The van der Waals surface area contributed by atoms with Crippen LogP contribution in [0, 0.1) is 13.8 Å². The van der Waals surface area contributed by atoms with Crippen molar-refractivity contribution in [2.45, 2.75) is 46.1 Å². The molecule has 1 aromatic carbocycles. The maximum atomic E-state index is 4.55.